The number of nitrogens with zero attached hydrogens (tertiary/aromatic N) is 2. The quantitative estimate of drug-likeness (QED) is 0.829. The smallest absolute Gasteiger partial charge is 0.289 e. The van der Waals surface area contributed by atoms with Crippen LogP contribution in [0.15, 0.2) is 35.0 Å². The molecular formula is C18H23N3O2. The van der Waals surface area contributed by atoms with Crippen LogP contribution in [0.4, 0.5) is 0 Å². The number of aryl methyl sites for hydroxylation is 1. The molecule has 1 fully saturated rings. The highest BCUT2D eigenvalue weighted by Crippen LogP contribution is 2.32. The van der Waals surface area contributed by atoms with Gasteiger partial charge in [0.15, 0.2) is 0 Å². The first-order chi connectivity index (χ1) is 11.3. The van der Waals surface area contributed by atoms with Crippen molar-refractivity contribution < 1.29 is 9.32 Å². The topological polar surface area (TPSA) is 68.0 Å². The van der Waals surface area contributed by atoms with E-state index in [1.165, 1.54) is 19.3 Å². The zero-order valence-corrected chi connectivity index (χ0v) is 13.3. The SMILES string of the molecule is O=C(NCCCc1ccccn1)c1cc(C2CCCCC2)no1. The molecule has 0 bridgehead atoms. The Bertz CT molecular complexity index is 618. The van der Waals surface area contributed by atoms with Gasteiger partial charge in [-0.15, -0.1) is 0 Å². The van der Waals surface area contributed by atoms with E-state index in [2.05, 4.69) is 15.5 Å². The van der Waals surface area contributed by atoms with Crippen LogP contribution in [0.2, 0.25) is 0 Å². The van der Waals surface area contributed by atoms with Crippen molar-refractivity contribution >= 4 is 5.91 Å². The Morgan fingerprint density at radius 2 is 2.13 bits per heavy atom. The van der Waals surface area contributed by atoms with Crippen molar-refractivity contribution in [1.82, 2.24) is 15.5 Å². The number of aromatic nitrogens is 2. The molecule has 122 valence electrons. The second-order valence-corrected chi connectivity index (χ2v) is 6.13. The van der Waals surface area contributed by atoms with E-state index in [0.29, 0.717) is 18.2 Å². The summed E-state index contributed by atoms with van der Waals surface area (Å²) in [6, 6.07) is 7.68. The lowest BCUT2D eigenvalue weighted by atomic mass is 9.87. The molecule has 0 spiro atoms. The molecule has 5 heteroatoms. The first kappa shape index (κ1) is 15.7. The Morgan fingerprint density at radius 3 is 2.91 bits per heavy atom. The molecule has 0 saturated heterocycles. The summed E-state index contributed by atoms with van der Waals surface area (Å²) in [5, 5.41) is 6.98. The minimum Gasteiger partial charge on any atom is -0.351 e. The first-order valence-corrected chi connectivity index (χ1v) is 8.47. The second kappa shape index (κ2) is 7.90. The third kappa shape index (κ3) is 4.41. The van der Waals surface area contributed by atoms with Crippen LogP contribution in [-0.2, 0) is 6.42 Å². The number of nitrogens with one attached hydrogen (secondary N) is 1. The molecule has 1 saturated carbocycles. The molecule has 5 nitrogen and oxygen atoms in total. The van der Waals surface area contributed by atoms with Gasteiger partial charge in [-0.05, 0) is 37.8 Å². The number of hydrogen-bond acceptors (Lipinski definition) is 4. The van der Waals surface area contributed by atoms with E-state index in [4.69, 9.17) is 4.52 Å². The molecule has 0 aliphatic heterocycles. The van der Waals surface area contributed by atoms with E-state index in [9.17, 15) is 4.79 Å². The molecule has 1 aliphatic rings. The molecule has 1 amide bonds. The number of carbonyl (C=O) groups is 1. The van der Waals surface area contributed by atoms with E-state index < -0.39 is 0 Å². The maximum atomic E-state index is 12.1. The third-order valence-electron chi connectivity index (χ3n) is 4.40. The van der Waals surface area contributed by atoms with Crippen molar-refractivity contribution in [3.05, 3.63) is 47.6 Å². The predicted molar refractivity (Wildman–Crippen MR) is 87.2 cm³/mol. The van der Waals surface area contributed by atoms with Crippen molar-refractivity contribution in [3.8, 4) is 0 Å². The average Bonchev–Trinajstić information content (AvgIpc) is 3.10. The second-order valence-electron chi connectivity index (χ2n) is 6.13. The van der Waals surface area contributed by atoms with E-state index in [0.717, 1.165) is 37.1 Å². The van der Waals surface area contributed by atoms with Crippen molar-refractivity contribution in [2.24, 2.45) is 0 Å². The Balaban J connectivity index is 1.44. The van der Waals surface area contributed by atoms with Crippen molar-refractivity contribution in [1.29, 1.82) is 0 Å². The summed E-state index contributed by atoms with van der Waals surface area (Å²) in [5.41, 5.74) is 1.98. The van der Waals surface area contributed by atoms with Crippen LogP contribution in [-0.4, -0.2) is 22.6 Å². The molecule has 0 atom stereocenters. The highest BCUT2D eigenvalue weighted by Gasteiger charge is 2.21. The zero-order valence-electron chi connectivity index (χ0n) is 13.3. The average molecular weight is 313 g/mol. The zero-order chi connectivity index (χ0) is 15.9. The van der Waals surface area contributed by atoms with Crippen LogP contribution < -0.4 is 5.32 Å². The molecule has 2 aromatic heterocycles. The Hall–Kier alpha value is -2.17. The summed E-state index contributed by atoms with van der Waals surface area (Å²) in [4.78, 5) is 16.4. The molecule has 0 unspecified atom stereocenters. The first-order valence-electron chi connectivity index (χ1n) is 8.47. The normalized spacial score (nSPS) is 15.5. The van der Waals surface area contributed by atoms with Gasteiger partial charge in [0.2, 0.25) is 5.76 Å². The lowest BCUT2D eigenvalue weighted by molar-refractivity contribution is 0.0916. The van der Waals surface area contributed by atoms with Crippen LogP contribution in [0.3, 0.4) is 0 Å². The molecule has 23 heavy (non-hydrogen) atoms. The van der Waals surface area contributed by atoms with Crippen LogP contribution in [0.1, 0.15) is 66.4 Å². The fourth-order valence-electron chi connectivity index (χ4n) is 3.09. The maximum absolute atomic E-state index is 12.1. The van der Waals surface area contributed by atoms with Gasteiger partial charge in [-0.1, -0.05) is 30.5 Å². The largest absolute Gasteiger partial charge is 0.351 e. The van der Waals surface area contributed by atoms with Gasteiger partial charge in [-0.3, -0.25) is 9.78 Å². The molecule has 1 N–H and O–H groups in total. The summed E-state index contributed by atoms with van der Waals surface area (Å²) in [5.74, 6) is 0.599. The van der Waals surface area contributed by atoms with Crippen LogP contribution >= 0.6 is 0 Å². The minimum atomic E-state index is -0.180. The number of carbonyl (C=O) groups excluding carboxylic acids is 1. The third-order valence-corrected chi connectivity index (χ3v) is 4.40. The van der Waals surface area contributed by atoms with Gasteiger partial charge in [0.05, 0.1) is 5.69 Å². The van der Waals surface area contributed by atoms with Gasteiger partial charge in [0.1, 0.15) is 0 Å². The van der Waals surface area contributed by atoms with E-state index in [1.54, 1.807) is 6.20 Å². The fourth-order valence-corrected chi connectivity index (χ4v) is 3.09. The highest BCUT2D eigenvalue weighted by molar-refractivity contribution is 5.91. The van der Waals surface area contributed by atoms with Gasteiger partial charge in [0.25, 0.3) is 5.91 Å². The summed E-state index contributed by atoms with van der Waals surface area (Å²) in [6.07, 6.45) is 9.58. The van der Waals surface area contributed by atoms with Crippen molar-refractivity contribution in [2.75, 3.05) is 6.54 Å². The molecule has 2 heterocycles. The van der Waals surface area contributed by atoms with Gasteiger partial charge >= 0.3 is 0 Å². The monoisotopic (exact) mass is 313 g/mol. The standard InChI is InChI=1S/C18H23N3O2/c22-18(20-12-6-10-15-9-4-5-11-19-15)17-13-16(21-23-17)14-7-2-1-3-8-14/h4-5,9,11,13-14H,1-3,6-8,10,12H2,(H,20,22). The molecule has 3 rings (SSSR count). The number of hydrogen-bond donors (Lipinski definition) is 1. The van der Waals surface area contributed by atoms with Gasteiger partial charge in [-0.25, -0.2) is 0 Å². The molecule has 0 radical (unpaired) electrons. The molecular weight excluding hydrogens is 290 g/mol. The number of rotatable bonds is 6. The lowest BCUT2D eigenvalue weighted by Gasteiger charge is -2.18. The summed E-state index contributed by atoms with van der Waals surface area (Å²) >= 11 is 0. The summed E-state index contributed by atoms with van der Waals surface area (Å²) in [6.45, 7) is 0.606. The fraction of sp³-hybridized carbons (Fsp3) is 0.500. The summed E-state index contributed by atoms with van der Waals surface area (Å²) < 4.78 is 5.22. The number of pyridine rings is 1. The van der Waals surface area contributed by atoms with E-state index >= 15 is 0 Å². The van der Waals surface area contributed by atoms with E-state index in [-0.39, 0.29) is 5.91 Å². The van der Waals surface area contributed by atoms with Gasteiger partial charge < -0.3 is 9.84 Å². The minimum absolute atomic E-state index is 0.180. The van der Waals surface area contributed by atoms with Gasteiger partial charge in [0, 0.05) is 30.4 Å². The summed E-state index contributed by atoms with van der Waals surface area (Å²) in [7, 11) is 0. The van der Waals surface area contributed by atoms with E-state index in [1.807, 2.05) is 24.3 Å². The lowest BCUT2D eigenvalue weighted by Crippen LogP contribution is -2.24. The van der Waals surface area contributed by atoms with Crippen LogP contribution in [0.25, 0.3) is 0 Å². The van der Waals surface area contributed by atoms with Crippen LogP contribution in [0.5, 0.6) is 0 Å². The molecule has 0 aromatic carbocycles. The maximum Gasteiger partial charge on any atom is 0.289 e. The highest BCUT2D eigenvalue weighted by atomic mass is 16.5. The number of amides is 1. The molecule has 2 aromatic rings. The van der Waals surface area contributed by atoms with Crippen LogP contribution in [0, 0.1) is 0 Å². The molecule has 1 aliphatic carbocycles. The van der Waals surface area contributed by atoms with Crippen molar-refractivity contribution in [2.45, 2.75) is 50.9 Å². The Kier molecular flexibility index (Phi) is 5.40. The Morgan fingerprint density at radius 1 is 1.26 bits per heavy atom. The van der Waals surface area contributed by atoms with Gasteiger partial charge in [-0.2, -0.15) is 0 Å². The Labute approximate surface area is 136 Å². The van der Waals surface area contributed by atoms with Crippen molar-refractivity contribution in [3.63, 3.8) is 0 Å². The predicted octanol–water partition coefficient (Wildman–Crippen LogP) is 3.48.